The average Bonchev–Trinajstić information content (AvgIpc) is 2.44. The van der Waals surface area contributed by atoms with Gasteiger partial charge in [-0.3, -0.25) is 0 Å². The molecule has 0 saturated carbocycles. The fraction of sp³-hybridized carbons (Fsp3) is 1.00. The maximum absolute atomic E-state index is 3.69. The van der Waals surface area contributed by atoms with Crippen LogP contribution in [0.3, 0.4) is 0 Å². The molecule has 2 fully saturated rings. The zero-order chi connectivity index (χ0) is 11.4. The lowest BCUT2D eigenvalue weighted by molar-refractivity contribution is 0.210. The van der Waals surface area contributed by atoms with E-state index < -0.39 is 0 Å². The van der Waals surface area contributed by atoms with Crippen molar-refractivity contribution in [2.45, 2.75) is 52.0 Å². The zero-order valence-corrected chi connectivity index (χ0v) is 11.0. The lowest BCUT2D eigenvalue weighted by Gasteiger charge is -2.32. The van der Waals surface area contributed by atoms with Gasteiger partial charge < -0.3 is 10.2 Å². The highest BCUT2D eigenvalue weighted by atomic mass is 15.1. The lowest BCUT2D eigenvalue weighted by Crippen LogP contribution is -2.45. The van der Waals surface area contributed by atoms with Gasteiger partial charge in [-0.25, -0.2) is 0 Å². The van der Waals surface area contributed by atoms with E-state index in [1.165, 1.54) is 58.3 Å². The smallest absolute Gasteiger partial charge is 0.0197 e. The standard InChI is InChI=1S/C14H28N2/c1-12-4-3-8-16(9-6-12)11-14-10-13(2)5-7-15-14/h12-15H,3-11H2,1-2H3. The second kappa shape index (κ2) is 6.02. The van der Waals surface area contributed by atoms with Crippen molar-refractivity contribution < 1.29 is 0 Å². The van der Waals surface area contributed by atoms with E-state index in [2.05, 4.69) is 24.1 Å². The Balaban J connectivity index is 1.75. The molecular formula is C14H28N2. The third kappa shape index (κ3) is 3.74. The molecule has 0 aromatic rings. The molecule has 2 saturated heterocycles. The predicted octanol–water partition coefficient (Wildman–Crippen LogP) is 2.50. The van der Waals surface area contributed by atoms with Crippen molar-refractivity contribution >= 4 is 0 Å². The van der Waals surface area contributed by atoms with E-state index in [-0.39, 0.29) is 0 Å². The van der Waals surface area contributed by atoms with Gasteiger partial charge in [0.25, 0.3) is 0 Å². The van der Waals surface area contributed by atoms with Crippen molar-refractivity contribution in [3.63, 3.8) is 0 Å². The van der Waals surface area contributed by atoms with Gasteiger partial charge in [0.1, 0.15) is 0 Å². The Morgan fingerprint density at radius 3 is 2.75 bits per heavy atom. The first-order chi connectivity index (χ1) is 7.74. The van der Waals surface area contributed by atoms with Crippen LogP contribution in [0.5, 0.6) is 0 Å². The molecule has 0 amide bonds. The van der Waals surface area contributed by atoms with Gasteiger partial charge >= 0.3 is 0 Å². The van der Waals surface area contributed by atoms with E-state index in [0.717, 1.165) is 17.9 Å². The minimum absolute atomic E-state index is 0.761. The number of hydrogen-bond donors (Lipinski definition) is 1. The summed E-state index contributed by atoms with van der Waals surface area (Å²) in [5.41, 5.74) is 0. The van der Waals surface area contributed by atoms with Crippen LogP contribution in [0.4, 0.5) is 0 Å². The highest BCUT2D eigenvalue weighted by Crippen LogP contribution is 2.19. The summed E-state index contributed by atoms with van der Waals surface area (Å²) < 4.78 is 0. The Labute approximate surface area is 101 Å². The van der Waals surface area contributed by atoms with E-state index in [1.807, 2.05) is 0 Å². The Kier molecular flexibility index (Phi) is 4.66. The van der Waals surface area contributed by atoms with Crippen molar-refractivity contribution in [2.24, 2.45) is 11.8 Å². The molecule has 2 rings (SSSR count). The predicted molar refractivity (Wildman–Crippen MR) is 69.6 cm³/mol. The molecule has 0 radical (unpaired) electrons. The molecule has 16 heavy (non-hydrogen) atoms. The largest absolute Gasteiger partial charge is 0.313 e. The number of hydrogen-bond acceptors (Lipinski definition) is 2. The van der Waals surface area contributed by atoms with Crippen LogP contribution >= 0.6 is 0 Å². The topological polar surface area (TPSA) is 15.3 Å². The molecule has 2 aliphatic heterocycles. The third-order valence-electron chi connectivity index (χ3n) is 4.35. The summed E-state index contributed by atoms with van der Waals surface area (Å²) >= 11 is 0. The number of piperidine rings is 1. The third-order valence-corrected chi connectivity index (χ3v) is 4.35. The highest BCUT2D eigenvalue weighted by Gasteiger charge is 2.21. The van der Waals surface area contributed by atoms with Crippen LogP contribution < -0.4 is 5.32 Å². The van der Waals surface area contributed by atoms with E-state index >= 15 is 0 Å². The fourth-order valence-corrected chi connectivity index (χ4v) is 3.18. The minimum atomic E-state index is 0.761. The second-order valence-electron chi connectivity index (χ2n) is 6.12. The summed E-state index contributed by atoms with van der Waals surface area (Å²) in [6, 6.07) is 0.761. The quantitative estimate of drug-likeness (QED) is 0.775. The first-order valence-electron chi connectivity index (χ1n) is 7.20. The van der Waals surface area contributed by atoms with E-state index in [4.69, 9.17) is 0 Å². The molecule has 3 atom stereocenters. The van der Waals surface area contributed by atoms with Gasteiger partial charge in [0, 0.05) is 12.6 Å². The normalized spacial score (nSPS) is 38.2. The Bertz CT molecular complexity index is 205. The Morgan fingerprint density at radius 2 is 1.94 bits per heavy atom. The Morgan fingerprint density at radius 1 is 1.06 bits per heavy atom. The molecule has 94 valence electrons. The summed E-state index contributed by atoms with van der Waals surface area (Å²) in [7, 11) is 0. The maximum Gasteiger partial charge on any atom is 0.0197 e. The van der Waals surface area contributed by atoms with E-state index in [0.29, 0.717) is 0 Å². The van der Waals surface area contributed by atoms with Crippen LogP contribution in [0.2, 0.25) is 0 Å². The molecule has 2 heterocycles. The lowest BCUT2D eigenvalue weighted by atomic mass is 9.94. The van der Waals surface area contributed by atoms with E-state index in [1.54, 1.807) is 0 Å². The first-order valence-corrected chi connectivity index (χ1v) is 7.20. The van der Waals surface area contributed by atoms with Crippen molar-refractivity contribution in [1.82, 2.24) is 10.2 Å². The van der Waals surface area contributed by atoms with Crippen LogP contribution in [-0.2, 0) is 0 Å². The molecular weight excluding hydrogens is 196 g/mol. The van der Waals surface area contributed by atoms with Crippen LogP contribution in [0.1, 0.15) is 46.0 Å². The molecule has 2 aliphatic rings. The minimum Gasteiger partial charge on any atom is -0.313 e. The van der Waals surface area contributed by atoms with Gasteiger partial charge in [-0.15, -0.1) is 0 Å². The summed E-state index contributed by atoms with van der Waals surface area (Å²) in [6.45, 7) is 9.99. The SMILES string of the molecule is CC1CCCN(CC2CC(C)CCN2)CC1. The molecule has 2 nitrogen and oxygen atoms in total. The van der Waals surface area contributed by atoms with Crippen molar-refractivity contribution in [1.29, 1.82) is 0 Å². The summed E-state index contributed by atoms with van der Waals surface area (Å²) in [4.78, 5) is 2.69. The number of nitrogens with one attached hydrogen (secondary N) is 1. The van der Waals surface area contributed by atoms with Crippen molar-refractivity contribution in [2.75, 3.05) is 26.2 Å². The molecule has 0 aromatic heterocycles. The number of rotatable bonds is 2. The van der Waals surface area contributed by atoms with Gasteiger partial charge in [-0.1, -0.05) is 13.8 Å². The number of likely N-dealkylation sites (tertiary alicyclic amines) is 1. The fourth-order valence-electron chi connectivity index (χ4n) is 3.18. The first kappa shape index (κ1) is 12.4. The van der Waals surface area contributed by atoms with Gasteiger partial charge in [-0.2, -0.15) is 0 Å². The molecule has 0 aliphatic carbocycles. The van der Waals surface area contributed by atoms with Gasteiger partial charge in [0.15, 0.2) is 0 Å². The number of nitrogens with zero attached hydrogens (tertiary/aromatic N) is 1. The highest BCUT2D eigenvalue weighted by molar-refractivity contribution is 4.80. The monoisotopic (exact) mass is 224 g/mol. The zero-order valence-electron chi connectivity index (χ0n) is 11.0. The molecule has 1 N–H and O–H groups in total. The van der Waals surface area contributed by atoms with Crippen LogP contribution in [0.25, 0.3) is 0 Å². The van der Waals surface area contributed by atoms with Crippen LogP contribution in [0.15, 0.2) is 0 Å². The molecule has 0 spiro atoms. The maximum atomic E-state index is 3.69. The summed E-state index contributed by atoms with van der Waals surface area (Å²) in [6.07, 6.45) is 7.00. The van der Waals surface area contributed by atoms with Crippen molar-refractivity contribution in [3.8, 4) is 0 Å². The van der Waals surface area contributed by atoms with Crippen molar-refractivity contribution in [3.05, 3.63) is 0 Å². The van der Waals surface area contributed by atoms with E-state index in [9.17, 15) is 0 Å². The molecule has 0 bridgehead atoms. The molecule has 3 unspecified atom stereocenters. The van der Waals surface area contributed by atoms with Gasteiger partial charge in [0.05, 0.1) is 0 Å². The summed E-state index contributed by atoms with van der Waals surface area (Å²) in [5, 5.41) is 3.69. The molecule has 2 heteroatoms. The van der Waals surface area contributed by atoms with Crippen LogP contribution in [0, 0.1) is 11.8 Å². The average molecular weight is 224 g/mol. The second-order valence-corrected chi connectivity index (χ2v) is 6.12. The van der Waals surface area contributed by atoms with Crippen LogP contribution in [-0.4, -0.2) is 37.1 Å². The molecule has 0 aromatic carbocycles. The summed E-state index contributed by atoms with van der Waals surface area (Å²) in [5.74, 6) is 1.88. The Hall–Kier alpha value is -0.0800. The van der Waals surface area contributed by atoms with Gasteiger partial charge in [-0.05, 0) is 63.6 Å². The van der Waals surface area contributed by atoms with Gasteiger partial charge in [0.2, 0.25) is 0 Å².